The summed E-state index contributed by atoms with van der Waals surface area (Å²) in [5, 5.41) is 18.2. The van der Waals surface area contributed by atoms with Crippen molar-refractivity contribution in [1.82, 2.24) is 4.90 Å². The van der Waals surface area contributed by atoms with Crippen LogP contribution in [0.4, 0.5) is 13.2 Å². The van der Waals surface area contributed by atoms with Gasteiger partial charge in [-0.25, -0.2) is 0 Å². The van der Waals surface area contributed by atoms with Crippen LogP contribution in [0.5, 0.6) is 0 Å². The lowest BCUT2D eigenvalue weighted by molar-refractivity contribution is -0.137. The molecule has 2 N–H and O–H groups in total. The molecule has 1 amide bonds. The number of alkyl halides is 3. The van der Waals surface area contributed by atoms with Gasteiger partial charge in [0.05, 0.1) is 5.56 Å². The average molecular weight is 363 g/mol. The van der Waals surface area contributed by atoms with Crippen molar-refractivity contribution < 1.29 is 28.0 Å². The summed E-state index contributed by atoms with van der Waals surface area (Å²) in [5.41, 5.74) is 0.579. The van der Waals surface area contributed by atoms with Crippen molar-refractivity contribution in [3.05, 3.63) is 65.2 Å². The summed E-state index contributed by atoms with van der Waals surface area (Å²) >= 11 is 0. The molecule has 2 aromatic carbocycles. The predicted octanol–water partition coefficient (Wildman–Crippen LogP) is 2.01. The van der Waals surface area contributed by atoms with Crippen molar-refractivity contribution in [2.45, 2.75) is 18.5 Å². The zero-order valence-electron chi connectivity index (χ0n) is 13.8. The van der Waals surface area contributed by atoms with Crippen LogP contribution in [0.2, 0.25) is 0 Å². The number of rotatable bonds is 3. The van der Waals surface area contributed by atoms with Crippen molar-refractivity contribution in [2.24, 2.45) is 0 Å². The molecule has 1 aliphatic rings. The third-order valence-electron chi connectivity index (χ3n) is 4.62. The summed E-state index contributed by atoms with van der Waals surface area (Å²) in [6.45, 7) is 0.814. The second-order valence-electron chi connectivity index (χ2n) is 6.36. The Morgan fingerprint density at radius 2 is 1.81 bits per heavy atom. The van der Waals surface area contributed by atoms with E-state index in [0.717, 1.165) is 12.1 Å². The first kappa shape index (κ1) is 18.5. The Balaban J connectivity index is 1.71. The Morgan fingerprint density at radius 3 is 2.42 bits per heavy atom. The summed E-state index contributed by atoms with van der Waals surface area (Å²) in [5.74, 6) is -0.363. The lowest BCUT2D eigenvalue weighted by atomic mass is 9.80. The van der Waals surface area contributed by atoms with Crippen LogP contribution in [0.15, 0.2) is 48.5 Å². The van der Waals surface area contributed by atoms with E-state index in [2.05, 4.69) is 0 Å². The van der Waals surface area contributed by atoms with E-state index in [1.165, 1.54) is 30.3 Å². The van der Waals surface area contributed by atoms with Gasteiger partial charge in [0.25, 0.3) is 5.91 Å². The van der Waals surface area contributed by atoms with Crippen molar-refractivity contribution >= 4 is 18.5 Å². The van der Waals surface area contributed by atoms with E-state index in [1.807, 2.05) is 0 Å². The van der Waals surface area contributed by atoms with Gasteiger partial charge in [-0.15, -0.1) is 0 Å². The molecule has 26 heavy (non-hydrogen) atoms. The molecule has 0 aliphatic carbocycles. The molecule has 136 valence electrons. The number of benzene rings is 2. The number of carbonyl (C=O) groups excluding carboxylic acids is 1. The molecule has 1 atom stereocenters. The maximum Gasteiger partial charge on any atom is 0.488 e. The molecule has 0 bridgehead atoms. The van der Waals surface area contributed by atoms with Crippen LogP contribution >= 0.6 is 0 Å². The van der Waals surface area contributed by atoms with Gasteiger partial charge in [0.15, 0.2) is 0 Å². The minimum absolute atomic E-state index is 0.139. The number of carbonyl (C=O) groups is 1. The second kappa shape index (κ2) is 7.13. The monoisotopic (exact) mass is 363 g/mol. The summed E-state index contributed by atoms with van der Waals surface area (Å²) in [4.78, 5) is 14.2. The molecule has 2 aromatic rings. The highest BCUT2D eigenvalue weighted by atomic mass is 19.4. The van der Waals surface area contributed by atoms with Crippen molar-refractivity contribution in [2.75, 3.05) is 13.1 Å². The highest BCUT2D eigenvalue weighted by Gasteiger charge is 2.33. The molecule has 1 unspecified atom stereocenters. The van der Waals surface area contributed by atoms with Gasteiger partial charge in [0.1, 0.15) is 0 Å². The third-order valence-corrected chi connectivity index (χ3v) is 4.62. The number of halogens is 3. The fraction of sp³-hybridized carbons (Fsp3) is 0.278. The van der Waals surface area contributed by atoms with Crippen molar-refractivity contribution in [1.29, 1.82) is 0 Å². The standard InChI is InChI=1S/C18H17BF3NO3/c20-18(21,22)15-3-1-2-13(10-15)14-8-9-23(11-14)17(24)12-4-6-16(7-5-12)19(25)26/h1-7,10,14,25-26H,8-9,11H2. The molecule has 1 fully saturated rings. The summed E-state index contributed by atoms with van der Waals surface area (Å²) in [6, 6.07) is 11.2. The highest BCUT2D eigenvalue weighted by Crippen LogP contribution is 2.34. The SMILES string of the molecule is O=C(c1ccc(B(O)O)cc1)N1CCC(c2cccc(C(F)(F)F)c2)C1. The van der Waals surface area contributed by atoms with Crippen molar-refractivity contribution in [3.63, 3.8) is 0 Å². The van der Waals surface area contributed by atoms with Crippen LogP contribution in [0.3, 0.4) is 0 Å². The van der Waals surface area contributed by atoms with Gasteiger partial charge in [-0.05, 0) is 35.6 Å². The number of nitrogens with zero attached hydrogens (tertiary/aromatic N) is 1. The fourth-order valence-corrected chi connectivity index (χ4v) is 3.17. The van der Waals surface area contributed by atoms with Crippen LogP contribution in [0.1, 0.15) is 33.8 Å². The maximum atomic E-state index is 12.9. The highest BCUT2D eigenvalue weighted by molar-refractivity contribution is 6.58. The second-order valence-corrected chi connectivity index (χ2v) is 6.36. The molecule has 1 saturated heterocycles. The molecular formula is C18H17BF3NO3. The van der Waals surface area contributed by atoms with Crippen LogP contribution in [-0.2, 0) is 6.18 Å². The summed E-state index contributed by atoms with van der Waals surface area (Å²) in [7, 11) is -1.60. The van der Waals surface area contributed by atoms with E-state index >= 15 is 0 Å². The van der Waals surface area contributed by atoms with Gasteiger partial charge in [0, 0.05) is 24.6 Å². The zero-order valence-corrected chi connectivity index (χ0v) is 13.8. The number of amides is 1. The van der Waals surface area contributed by atoms with E-state index in [0.29, 0.717) is 30.6 Å². The first-order valence-corrected chi connectivity index (χ1v) is 8.18. The fourth-order valence-electron chi connectivity index (χ4n) is 3.17. The van der Waals surface area contributed by atoms with Gasteiger partial charge in [-0.1, -0.05) is 30.3 Å². The van der Waals surface area contributed by atoms with Crippen LogP contribution in [0, 0.1) is 0 Å². The zero-order chi connectivity index (χ0) is 18.9. The third kappa shape index (κ3) is 3.91. The number of likely N-dealkylation sites (tertiary alicyclic amines) is 1. The van der Waals surface area contributed by atoms with E-state index in [1.54, 1.807) is 11.0 Å². The average Bonchev–Trinajstić information content (AvgIpc) is 3.10. The summed E-state index contributed by atoms with van der Waals surface area (Å²) in [6.07, 6.45) is -3.79. The van der Waals surface area contributed by atoms with E-state index in [4.69, 9.17) is 10.0 Å². The molecule has 0 radical (unpaired) electrons. The molecule has 1 aliphatic heterocycles. The quantitative estimate of drug-likeness (QED) is 0.821. The molecule has 3 rings (SSSR count). The largest absolute Gasteiger partial charge is 0.488 e. The smallest absolute Gasteiger partial charge is 0.423 e. The van der Waals surface area contributed by atoms with E-state index in [-0.39, 0.29) is 17.3 Å². The minimum atomic E-state index is -4.39. The van der Waals surface area contributed by atoms with Crippen LogP contribution in [-0.4, -0.2) is 41.1 Å². The lowest BCUT2D eigenvalue weighted by Crippen LogP contribution is -2.31. The van der Waals surface area contributed by atoms with Gasteiger partial charge >= 0.3 is 13.3 Å². The van der Waals surface area contributed by atoms with Gasteiger partial charge in [-0.2, -0.15) is 13.2 Å². The molecule has 8 heteroatoms. The molecule has 1 heterocycles. The van der Waals surface area contributed by atoms with Gasteiger partial charge in [-0.3, -0.25) is 4.79 Å². The number of hydrogen-bond acceptors (Lipinski definition) is 3. The maximum absolute atomic E-state index is 12.9. The van der Waals surface area contributed by atoms with Crippen molar-refractivity contribution in [3.8, 4) is 0 Å². The topological polar surface area (TPSA) is 60.8 Å². The predicted molar refractivity (Wildman–Crippen MR) is 91.0 cm³/mol. The van der Waals surface area contributed by atoms with Crippen LogP contribution in [0.25, 0.3) is 0 Å². The van der Waals surface area contributed by atoms with Gasteiger partial charge in [0.2, 0.25) is 0 Å². The van der Waals surface area contributed by atoms with E-state index < -0.39 is 18.9 Å². The Hall–Kier alpha value is -2.32. The normalized spacial score (nSPS) is 17.4. The Kier molecular flexibility index (Phi) is 5.07. The van der Waals surface area contributed by atoms with Crippen LogP contribution < -0.4 is 5.46 Å². The first-order valence-electron chi connectivity index (χ1n) is 8.18. The molecule has 4 nitrogen and oxygen atoms in total. The molecule has 0 spiro atoms. The first-order chi connectivity index (χ1) is 12.3. The molecular weight excluding hydrogens is 346 g/mol. The Bertz CT molecular complexity index is 793. The Labute approximate surface area is 149 Å². The molecule has 0 aromatic heterocycles. The Morgan fingerprint density at radius 1 is 1.12 bits per heavy atom. The summed E-state index contributed by atoms with van der Waals surface area (Å²) < 4.78 is 38.6. The van der Waals surface area contributed by atoms with E-state index in [9.17, 15) is 18.0 Å². The minimum Gasteiger partial charge on any atom is -0.423 e. The molecule has 0 saturated carbocycles. The van der Waals surface area contributed by atoms with Gasteiger partial charge < -0.3 is 14.9 Å². The number of hydrogen-bond donors (Lipinski definition) is 2. The lowest BCUT2D eigenvalue weighted by Gasteiger charge is -2.17.